The summed E-state index contributed by atoms with van der Waals surface area (Å²) in [5.74, 6) is 7.01. The van der Waals surface area contributed by atoms with Crippen LogP contribution in [0.3, 0.4) is 0 Å². The zero-order chi connectivity index (χ0) is 14.8. The smallest absolute Gasteiger partial charge is 0.224 e. The lowest BCUT2D eigenvalue weighted by atomic mass is 10.3. The van der Waals surface area contributed by atoms with E-state index in [1.165, 1.54) is 18.2 Å². The fourth-order valence-electron chi connectivity index (χ4n) is 1.54. The first-order chi connectivity index (χ1) is 9.38. The number of nitrogens with zero attached hydrogens (tertiary/aromatic N) is 2. The van der Waals surface area contributed by atoms with Crippen LogP contribution in [0, 0.1) is 6.92 Å². The first-order valence-electron chi connectivity index (χ1n) is 5.69. The first kappa shape index (κ1) is 14.2. The molecule has 0 bridgehead atoms. The van der Waals surface area contributed by atoms with Crippen LogP contribution in [0.25, 0.3) is 0 Å². The molecule has 7 nitrogen and oxygen atoms in total. The summed E-state index contributed by atoms with van der Waals surface area (Å²) >= 11 is 0. The van der Waals surface area contributed by atoms with Gasteiger partial charge in [0.25, 0.3) is 0 Å². The van der Waals surface area contributed by atoms with E-state index >= 15 is 0 Å². The van der Waals surface area contributed by atoms with Crippen molar-refractivity contribution in [3.8, 4) is 11.6 Å². The SMILES string of the molecule is Cc1nc(NN)cc(Oc2ccc(S(C)(=O)=O)cc2)n1. The Bertz CT molecular complexity index is 714. The van der Waals surface area contributed by atoms with Gasteiger partial charge < -0.3 is 10.2 Å². The van der Waals surface area contributed by atoms with Crippen LogP contribution >= 0.6 is 0 Å². The number of hydrogen-bond donors (Lipinski definition) is 2. The lowest BCUT2D eigenvalue weighted by molar-refractivity contribution is 0.460. The maximum Gasteiger partial charge on any atom is 0.224 e. The molecule has 8 heteroatoms. The van der Waals surface area contributed by atoms with Crippen molar-refractivity contribution < 1.29 is 13.2 Å². The van der Waals surface area contributed by atoms with Crippen molar-refractivity contribution >= 4 is 15.7 Å². The van der Waals surface area contributed by atoms with Crippen LogP contribution in [0.4, 0.5) is 5.82 Å². The number of nitrogen functional groups attached to an aromatic ring is 1. The summed E-state index contributed by atoms with van der Waals surface area (Å²) in [6.07, 6.45) is 1.15. The Morgan fingerprint density at radius 2 is 1.85 bits per heavy atom. The molecule has 0 fully saturated rings. The van der Waals surface area contributed by atoms with Gasteiger partial charge in [-0.05, 0) is 31.2 Å². The average molecular weight is 294 g/mol. The van der Waals surface area contributed by atoms with E-state index in [9.17, 15) is 8.42 Å². The number of aryl methyl sites for hydroxylation is 1. The standard InChI is InChI=1S/C12H14N4O3S/c1-8-14-11(16-13)7-12(15-8)19-9-3-5-10(6-4-9)20(2,17)18/h3-7H,13H2,1-2H3,(H,14,15,16). The highest BCUT2D eigenvalue weighted by molar-refractivity contribution is 7.90. The Morgan fingerprint density at radius 3 is 2.40 bits per heavy atom. The number of sulfone groups is 1. The van der Waals surface area contributed by atoms with Gasteiger partial charge in [0.2, 0.25) is 5.88 Å². The van der Waals surface area contributed by atoms with E-state index in [0.717, 1.165) is 6.26 Å². The number of ether oxygens (including phenoxy) is 1. The Morgan fingerprint density at radius 1 is 1.20 bits per heavy atom. The van der Waals surface area contributed by atoms with Crippen molar-refractivity contribution in [3.05, 3.63) is 36.2 Å². The molecule has 0 radical (unpaired) electrons. The summed E-state index contributed by atoms with van der Waals surface area (Å²) in [6.45, 7) is 1.71. The van der Waals surface area contributed by atoms with Gasteiger partial charge in [0.1, 0.15) is 17.4 Å². The largest absolute Gasteiger partial charge is 0.439 e. The summed E-state index contributed by atoms with van der Waals surface area (Å²) in [4.78, 5) is 8.36. The zero-order valence-corrected chi connectivity index (χ0v) is 11.8. The van der Waals surface area contributed by atoms with E-state index in [2.05, 4.69) is 15.4 Å². The summed E-state index contributed by atoms with van der Waals surface area (Å²) in [7, 11) is -3.22. The Hall–Kier alpha value is -2.19. The van der Waals surface area contributed by atoms with E-state index in [0.29, 0.717) is 23.3 Å². The number of hydrogen-bond acceptors (Lipinski definition) is 7. The zero-order valence-electron chi connectivity index (χ0n) is 11.0. The number of benzene rings is 1. The van der Waals surface area contributed by atoms with Crippen LogP contribution in [0.2, 0.25) is 0 Å². The molecule has 0 aliphatic rings. The van der Waals surface area contributed by atoms with Gasteiger partial charge in [-0.3, -0.25) is 0 Å². The van der Waals surface area contributed by atoms with E-state index in [-0.39, 0.29) is 4.90 Å². The molecular formula is C12H14N4O3S. The molecule has 20 heavy (non-hydrogen) atoms. The molecule has 0 saturated heterocycles. The van der Waals surface area contributed by atoms with Crippen LogP contribution in [0.1, 0.15) is 5.82 Å². The van der Waals surface area contributed by atoms with E-state index in [1.807, 2.05) is 0 Å². The van der Waals surface area contributed by atoms with Crippen molar-refractivity contribution in [2.75, 3.05) is 11.7 Å². The molecular weight excluding hydrogens is 280 g/mol. The lowest BCUT2D eigenvalue weighted by Gasteiger charge is -2.07. The molecule has 1 heterocycles. The number of rotatable bonds is 4. The normalized spacial score (nSPS) is 11.2. The Balaban J connectivity index is 2.24. The second-order valence-corrected chi connectivity index (χ2v) is 6.14. The average Bonchev–Trinajstić information content (AvgIpc) is 2.37. The third-order valence-corrected chi connectivity index (χ3v) is 3.57. The van der Waals surface area contributed by atoms with Crippen LogP contribution in [-0.2, 0) is 9.84 Å². The van der Waals surface area contributed by atoms with E-state index in [4.69, 9.17) is 10.6 Å². The molecule has 0 unspecified atom stereocenters. The molecule has 1 aromatic heterocycles. The minimum atomic E-state index is -3.22. The molecule has 2 aromatic rings. The van der Waals surface area contributed by atoms with E-state index in [1.54, 1.807) is 19.1 Å². The Kier molecular flexibility index (Phi) is 3.86. The van der Waals surface area contributed by atoms with Crippen molar-refractivity contribution in [3.63, 3.8) is 0 Å². The number of anilines is 1. The molecule has 1 aromatic carbocycles. The molecule has 106 valence electrons. The van der Waals surface area contributed by atoms with Crippen molar-refractivity contribution in [1.82, 2.24) is 9.97 Å². The highest BCUT2D eigenvalue weighted by Crippen LogP contribution is 2.22. The van der Waals surface area contributed by atoms with Crippen LogP contribution in [0.15, 0.2) is 35.2 Å². The lowest BCUT2D eigenvalue weighted by Crippen LogP contribution is -2.09. The molecule has 2 rings (SSSR count). The number of aromatic nitrogens is 2. The summed E-state index contributed by atoms with van der Waals surface area (Å²) in [5, 5.41) is 0. The predicted molar refractivity (Wildman–Crippen MR) is 74.2 cm³/mol. The maximum atomic E-state index is 11.3. The molecule has 0 spiro atoms. The number of nitrogens with two attached hydrogens (primary N) is 1. The van der Waals surface area contributed by atoms with Gasteiger partial charge in [-0.15, -0.1) is 0 Å². The minimum Gasteiger partial charge on any atom is -0.439 e. The van der Waals surface area contributed by atoms with Crippen molar-refractivity contribution in [2.45, 2.75) is 11.8 Å². The van der Waals surface area contributed by atoms with Crippen molar-refractivity contribution in [1.29, 1.82) is 0 Å². The molecule has 0 atom stereocenters. The molecule has 0 aliphatic carbocycles. The van der Waals surface area contributed by atoms with Gasteiger partial charge in [0.05, 0.1) is 4.90 Å². The fraction of sp³-hybridized carbons (Fsp3) is 0.167. The van der Waals surface area contributed by atoms with Gasteiger partial charge in [0.15, 0.2) is 9.84 Å². The third-order valence-electron chi connectivity index (χ3n) is 2.44. The van der Waals surface area contributed by atoms with Crippen LogP contribution < -0.4 is 16.0 Å². The predicted octanol–water partition coefficient (Wildman–Crippen LogP) is 1.27. The third kappa shape index (κ3) is 3.43. The van der Waals surface area contributed by atoms with Crippen molar-refractivity contribution in [2.24, 2.45) is 5.84 Å². The Labute approximate surface area is 116 Å². The maximum absolute atomic E-state index is 11.3. The molecule has 3 N–H and O–H groups in total. The second-order valence-electron chi connectivity index (χ2n) is 4.13. The van der Waals surface area contributed by atoms with Crippen LogP contribution in [-0.4, -0.2) is 24.6 Å². The first-order valence-corrected chi connectivity index (χ1v) is 7.58. The van der Waals surface area contributed by atoms with E-state index < -0.39 is 9.84 Å². The molecule has 0 amide bonds. The monoisotopic (exact) mass is 294 g/mol. The summed E-state index contributed by atoms with van der Waals surface area (Å²) < 4.78 is 28.2. The van der Waals surface area contributed by atoms with Crippen LogP contribution in [0.5, 0.6) is 11.6 Å². The van der Waals surface area contributed by atoms with Gasteiger partial charge in [0, 0.05) is 12.3 Å². The number of nitrogens with one attached hydrogen (secondary N) is 1. The topological polar surface area (TPSA) is 107 Å². The summed E-state index contributed by atoms with van der Waals surface area (Å²) in [6, 6.07) is 7.60. The summed E-state index contributed by atoms with van der Waals surface area (Å²) in [5.41, 5.74) is 2.41. The van der Waals surface area contributed by atoms with Gasteiger partial charge in [-0.1, -0.05) is 0 Å². The van der Waals surface area contributed by atoms with Gasteiger partial charge >= 0.3 is 0 Å². The number of hydrazine groups is 1. The molecule has 0 aliphatic heterocycles. The highest BCUT2D eigenvalue weighted by Gasteiger charge is 2.08. The minimum absolute atomic E-state index is 0.230. The molecule has 0 saturated carbocycles. The van der Waals surface area contributed by atoms with Gasteiger partial charge in [-0.2, -0.15) is 4.98 Å². The van der Waals surface area contributed by atoms with Gasteiger partial charge in [-0.25, -0.2) is 19.2 Å². The second kappa shape index (κ2) is 5.43. The fourth-order valence-corrected chi connectivity index (χ4v) is 2.17. The highest BCUT2D eigenvalue weighted by atomic mass is 32.2. The quantitative estimate of drug-likeness (QED) is 0.645.